The second kappa shape index (κ2) is 4.87. The molecule has 1 atom stereocenters. The van der Waals surface area contributed by atoms with Crippen molar-refractivity contribution in [2.45, 2.75) is 18.2 Å². The van der Waals surface area contributed by atoms with Gasteiger partial charge in [0.2, 0.25) is 0 Å². The van der Waals surface area contributed by atoms with Crippen LogP contribution in [0.2, 0.25) is 0 Å². The van der Waals surface area contributed by atoms with Crippen molar-refractivity contribution < 1.29 is 4.42 Å². The molecule has 0 aliphatic heterocycles. The lowest BCUT2D eigenvalue weighted by atomic mass is 10.2. The molecule has 4 heteroatoms. The molecular formula is C12H15BrN2O. The number of furan rings is 1. The zero-order valence-corrected chi connectivity index (χ0v) is 11.1. The molecule has 0 aromatic carbocycles. The summed E-state index contributed by atoms with van der Waals surface area (Å²) in [6.07, 6.45) is 4.58. The summed E-state index contributed by atoms with van der Waals surface area (Å²) in [7, 11) is 2.06. The van der Waals surface area contributed by atoms with E-state index >= 15 is 0 Å². The molecule has 0 aliphatic carbocycles. The largest absolute Gasteiger partial charge is 0.464 e. The Balaban J connectivity index is 2.22. The molecule has 0 aliphatic rings. The Morgan fingerprint density at radius 1 is 1.50 bits per heavy atom. The van der Waals surface area contributed by atoms with Gasteiger partial charge in [0.1, 0.15) is 11.4 Å². The number of halogens is 1. The maximum absolute atomic E-state index is 5.36. The first-order valence-corrected chi connectivity index (χ1v) is 6.27. The fourth-order valence-corrected chi connectivity index (χ4v) is 1.87. The molecule has 86 valence electrons. The van der Waals surface area contributed by atoms with Crippen LogP contribution in [-0.2, 0) is 0 Å². The number of pyridine rings is 1. The summed E-state index contributed by atoms with van der Waals surface area (Å²) < 4.78 is 5.36. The van der Waals surface area contributed by atoms with Gasteiger partial charge >= 0.3 is 0 Å². The highest BCUT2D eigenvalue weighted by Gasteiger charge is 2.09. The van der Waals surface area contributed by atoms with E-state index in [2.05, 4.69) is 39.8 Å². The fourth-order valence-electron chi connectivity index (χ4n) is 1.66. The molecular weight excluding hydrogens is 268 g/mol. The highest BCUT2D eigenvalue weighted by molar-refractivity contribution is 9.09. The standard InChI is InChI=1S/C12H15BrN2O/c1-9(13)4-7-15(2)12-10-5-8-16-11(10)3-6-14-12/h3,5-6,8-9H,4,7H2,1-2H3. The number of hydrogen-bond donors (Lipinski definition) is 0. The quantitative estimate of drug-likeness (QED) is 0.805. The SMILES string of the molecule is CC(Br)CCN(C)c1nccc2occc12. The third kappa shape index (κ3) is 2.38. The van der Waals surface area contributed by atoms with Crippen LogP contribution >= 0.6 is 15.9 Å². The van der Waals surface area contributed by atoms with Gasteiger partial charge in [-0.3, -0.25) is 0 Å². The smallest absolute Gasteiger partial charge is 0.139 e. The Bertz CT molecular complexity index is 467. The summed E-state index contributed by atoms with van der Waals surface area (Å²) in [5.74, 6) is 0.986. The average molecular weight is 283 g/mol. The lowest BCUT2D eigenvalue weighted by Gasteiger charge is -2.19. The number of aromatic nitrogens is 1. The van der Waals surface area contributed by atoms with E-state index in [9.17, 15) is 0 Å². The first-order chi connectivity index (χ1) is 7.68. The van der Waals surface area contributed by atoms with Crippen molar-refractivity contribution >= 4 is 32.7 Å². The number of rotatable bonds is 4. The van der Waals surface area contributed by atoms with Crippen LogP contribution in [0.15, 0.2) is 29.0 Å². The summed E-state index contributed by atoms with van der Waals surface area (Å²) in [4.78, 5) is 7.10. The molecule has 0 N–H and O–H groups in total. The zero-order chi connectivity index (χ0) is 11.5. The summed E-state index contributed by atoms with van der Waals surface area (Å²) in [5.41, 5.74) is 0.892. The molecule has 0 saturated heterocycles. The van der Waals surface area contributed by atoms with Crippen molar-refractivity contribution in [3.05, 3.63) is 24.6 Å². The third-order valence-corrected chi connectivity index (χ3v) is 3.04. The van der Waals surface area contributed by atoms with Crippen LogP contribution in [-0.4, -0.2) is 23.4 Å². The first kappa shape index (κ1) is 11.5. The predicted molar refractivity (Wildman–Crippen MR) is 70.3 cm³/mol. The van der Waals surface area contributed by atoms with Crippen LogP contribution in [0.25, 0.3) is 11.0 Å². The van der Waals surface area contributed by atoms with Gasteiger partial charge in [0.05, 0.1) is 11.6 Å². The van der Waals surface area contributed by atoms with Gasteiger partial charge in [0, 0.05) is 24.6 Å². The molecule has 1 unspecified atom stereocenters. The summed E-state index contributed by atoms with van der Waals surface area (Å²) in [6.45, 7) is 3.13. The minimum absolute atomic E-state index is 0.526. The Labute approximate surface area is 104 Å². The van der Waals surface area contributed by atoms with Gasteiger partial charge < -0.3 is 9.32 Å². The van der Waals surface area contributed by atoms with E-state index in [1.807, 2.05) is 12.1 Å². The van der Waals surface area contributed by atoms with E-state index < -0.39 is 0 Å². The number of anilines is 1. The summed E-state index contributed by atoms with van der Waals surface area (Å²) in [5, 5.41) is 1.08. The Morgan fingerprint density at radius 2 is 2.31 bits per heavy atom. The maximum atomic E-state index is 5.36. The van der Waals surface area contributed by atoms with Gasteiger partial charge in [-0.2, -0.15) is 0 Å². The van der Waals surface area contributed by atoms with Crippen molar-refractivity contribution in [2.24, 2.45) is 0 Å². The van der Waals surface area contributed by atoms with Crippen molar-refractivity contribution in [1.29, 1.82) is 0 Å². The van der Waals surface area contributed by atoms with Crippen molar-refractivity contribution in [3.63, 3.8) is 0 Å². The lowest BCUT2D eigenvalue weighted by Crippen LogP contribution is -2.21. The first-order valence-electron chi connectivity index (χ1n) is 5.36. The Morgan fingerprint density at radius 3 is 3.06 bits per heavy atom. The molecule has 0 fully saturated rings. The minimum atomic E-state index is 0.526. The number of nitrogens with zero attached hydrogens (tertiary/aromatic N) is 2. The van der Waals surface area contributed by atoms with Crippen molar-refractivity contribution in [2.75, 3.05) is 18.5 Å². The molecule has 16 heavy (non-hydrogen) atoms. The Hall–Kier alpha value is -1.03. The highest BCUT2D eigenvalue weighted by atomic mass is 79.9. The highest BCUT2D eigenvalue weighted by Crippen LogP contribution is 2.24. The van der Waals surface area contributed by atoms with E-state index in [0.29, 0.717) is 4.83 Å². The van der Waals surface area contributed by atoms with Crippen LogP contribution in [0, 0.1) is 0 Å². The maximum Gasteiger partial charge on any atom is 0.139 e. The normalized spacial score (nSPS) is 12.9. The van der Waals surface area contributed by atoms with Gasteiger partial charge in [0.25, 0.3) is 0 Å². The van der Waals surface area contributed by atoms with Crippen molar-refractivity contribution in [1.82, 2.24) is 4.98 Å². The zero-order valence-electron chi connectivity index (χ0n) is 9.48. The molecule has 2 aromatic rings. The molecule has 2 aromatic heterocycles. The molecule has 2 heterocycles. The monoisotopic (exact) mass is 282 g/mol. The van der Waals surface area contributed by atoms with Crippen molar-refractivity contribution in [3.8, 4) is 0 Å². The predicted octanol–water partition coefficient (Wildman–Crippen LogP) is 3.44. The number of fused-ring (bicyclic) bond motifs is 1. The summed E-state index contributed by atoms with van der Waals surface area (Å²) >= 11 is 3.55. The van der Waals surface area contributed by atoms with Gasteiger partial charge in [-0.1, -0.05) is 22.9 Å². The van der Waals surface area contributed by atoms with E-state index in [-0.39, 0.29) is 0 Å². The van der Waals surface area contributed by atoms with Crippen LogP contribution in [0.4, 0.5) is 5.82 Å². The molecule has 0 amide bonds. The van der Waals surface area contributed by atoms with E-state index in [1.54, 1.807) is 12.5 Å². The third-order valence-electron chi connectivity index (χ3n) is 2.58. The summed E-state index contributed by atoms with van der Waals surface area (Å²) in [6, 6.07) is 3.85. The number of alkyl halides is 1. The minimum Gasteiger partial charge on any atom is -0.464 e. The molecule has 2 rings (SSSR count). The second-order valence-electron chi connectivity index (χ2n) is 3.96. The fraction of sp³-hybridized carbons (Fsp3) is 0.417. The van der Waals surface area contributed by atoms with Crippen LogP contribution in [0.3, 0.4) is 0 Å². The van der Waals surface area contributed by atoms with Crippen LogP contribution < -0.4 is 4.90 Å². The van der Waals surface area contributed by atoms with Gasteiger partial charge in [0.15, 0.2) is 0 Å². The van der Waals surface area contributed by atoms with Gasteiger partial charge in [-0.15, -0.1) is 0 Å². The Kier molecular flexibility index (Phi) is 3.49. The van der Waals surface area contributed by atoms with E-state index in [1.165, 1.54) is 0 Å². The molecule has 0 bridgehead atoms. The second-order valence-corrected chi connectivity index (χ2v) is 5.52. The molecule has 0 spiro atoms. The molecule has 0 saturated carbocycles. The molecule has 3 nitrogen and oxygen atoms in total. The van der Waals surface area contributed by atoms with Crippen LogP contribution in [0.1, 0.15) is 13.3 Å². The van der Waals surface area contributed by atoms with E-state index in [4.69, 9.17) is 4.42 Å². The number of hydrogen-bond acceptors (Lipinski definition) is 3. The van der Waals surface area contributed by atoms with Gasteiger partial charge in [-0.25, -0.2) is 4.98 Å². The topological polar surface area (TPSA) is 29.3 Å². The van der Waals surface area contributed by atoms with Crippen LogP contribution in [0.5, 0.6) is 0 Å². The van der Waals surface area contributed by atoms with E-state index in [0.717, 1.165) is 29.8 Å². The lowest BCUT2D eigenvalue weighted by molar-refractivity contribution is 0.615. The average Bonchev–Trinajstić information content (AvgIpc) is 2.73. The molecule has 0 radical (unpaired) electrons. The van der Waals surface area contributed by atoms with Gasteiger partial charge in [-0.05, 0) is 18.6 Å².